The van der Waals surface area contributed by atoms with Crippen LogP contribution in [-0.4, -0.2) is 36.3 Å². The zero-order valence-corrected chi connectivity index (χ0v) is 11.2. The number of hydrogen-bond acceptors (Lipinski definition) is 7. The Bertz CT molecular complexity index is 768. The van der Waals surface area contributed by atoms with E-state index >= 15 is 0 Å². The Kier molecular flexibility index (Phi) is 3.42. The number of aromatic nitrogens is 3. The summed E-state index contributed by atoms with van der Waals surface area (Å²) in [6.45, 7) is 0. The Morgan fingerprint density at radius 3 is 2.65 bits per heavy atom. The first kappa shape index (κ1) is 14.0. The Morgan fingerprint density at radius 2 is 2.10 bits per heavy atom. The first-order chi connectivity index (χ1) is 9.32. The summed E-state index contributed by atoms with van der Waals surface area (Å²) in [5.41, 5.74) is 6.03. The molecule has 0 saturated heterocycles. The van der Waals surface area contributed by atoms with E-state index in [1.165, 1.54) is 36.3 Å². The van der Waals surface area contributed by atoms with Crippen LogP contribution in [0, 0.1) is 0 Å². The molecule has 20 heavy (non-hydrogen) atoms. The minimum absolute atomic E-state index is 0.0277. The predicted octanol–water partition coefficient (Wildman–Crippen LogP) is -0.716. The van der Waals surface area contributed by atoms with E-state index in [9.17, 15) is 13.2 Å². The summed E-state index contributed by atoms with van der Waals surface area (Å²) in [6.07, 6.45) is 1.28. The maximum Gasteiger partial charge on any atom is 0.377 e. The number of nitrogens with zero attached hydrogens (tertiary/aromatic N) is 3. The second-order valence-electron chi connectivity index (χ2n) is 3.77. The Morgan fingerprint density at radius 1 is 1.40 bits per heavy atom. The van der Waals surface area contributed by atoms with Crippen molar-refractivity contribution in [1.29, 1.82) is 0 Å². The minimum atomic E-state index is -3.89. The van der Waals surface area contributed by atoms with Gasteiger partial charge in [-0.15, -0.1) is 5.10 Å². The third-order valence-corrected chi connectivity index (χ3v) is 3.41. The van der Waals surface area contributed by atoms with Crippen molar-refractivity contribution in [2.24, 2.45) is 5.14 Å². The van der Waals surface area contributed by atoms with Gasteiger partial charge in [0.25, 0.3) is 5.82 Å². The second kappa shape index (κ2) is 4.90. The SMILES string of the molecule is COC(=O)c1ncn(-c2ccc(S(N)(=O)=O)c(N)c2)n1. The van der Waals surface area contributed by atoms with Crippen LogP contribution in [0.4, 0.5) is 5.69 Å². The van der Waals surface area contributed by atoms with Crippen LogP contribution in [0.3, 0.4) is 0 Å². The molecular formula is C10H11N5O4S. The van der Waals surface area contributed by atoms with Crippen LogP contribution in [0.5, 0.6) is 0 Å². The van der Waals surface area contributed by atoms with Gasteiger partial charge in [-0.25, -0.2) is 28.0 Å². The molecular weight excluding hydrogens is 286 g/mol. The van der Waals surface area contributed by atoms with Crippen molar-refractivity contribution in [3.05, 3.63) is 30.4 Å². The van der Waals surface area contributed by atoms with Crippen LogP contribution in [-0.2, 0) is 14.8 Å². The number of carbonyl (C=O) groups is 1. The molecule has 1 heterocycles. The highest BCUT2D eigenvalue weighted by Gasteiger charge is 2.15. The molecule has 1 aromatic heterocycles. The molecule has 4 N–H and O–H groups in total. The molecule has 9 nitrogen and oxygen atoms in total. The molecule has 0 aliphatic carbocycles. The number of carbonyl (C=O) groups excluding carboxylic acids is 1. The molecule has 0 amide bonds. The number of anilines is 1. The van der Waals surface area contributed by atoms with Crippen LogP contribution in [0.25, 0.3) is 5.69 Å². The number of hydrogen-bond donors (Lipinski definition) is 2. The summed E-state index contributed by atoms with van der Waals surface area (Å²) in [5.74, 6) is -0.806. The normalized spacial score (nSPS) is 11.3. The predicted molar refractivity (Wildman–Crippen MR) is 68.5 cm³/mol. The largest absolute Gasteiger partial charge is 0.463 e. The van der Waals surface area contributed by atoms with Gasteiger partial charge in [-0.3, -0.25) is 0 Å². The number of methoxy groups -OCH3 is 1. The molecule has 2 rings (SSSR count). The van der Waals surface area contributed by atoms with E-state index in [1.807, 2.05) is 0 Å². The minimum Gasteiger partial charge on any atom is -0.463 e. The molecule has 0 spiro atoms. The van der Waals surface area contributed by atoms with Crippen molar-refractivity contribution < 1.29 is 17.9 Å². The monoisotopic (exact) mass is 297 g/mol. The quantitative estimate of drug-likeness (QED) is 0.562. The number of rotatable bonds is 3. The fraction of sp³-hybridized carbons (Fsp3) is 0.100. The molecule has 0 fully saturated rings. The number of nitrogens with two attached hydrogens (primary N) is 2. The van der Waals surface area contributed by atoms with E-state index in [-0.39, 0.29) is 16.4 Å². The lowest BCUT2D eigenvalue weighted by Gasteiger charge is -2.06. The summed E-state index contributed by atoms with van der Waals surface area (Å²) in [5, 5.41) is 8.88. The molecule has 0 radical (unpaired) electrons. The van der Waals surface area contributed by atoms with Crippen LogP contribution < -0.4 is 10.9 Å². The van der Waals surface area contributed by atoms with Crippen LogP contribution in [0.15, 0.2) is 29.4 Å². The fourth-order valence-electron chi connectivity index (χ4n) is 1.51. The molecule has 1 aromatic carbocycles. The molecule has 0 unspecified atom stereocenters. The van der Waals surface area contributed by atoms with Gasteiger partial charge in [-0.05, 0) is 18.2 Å². The zero-order chi connectivity index (χ0) is 14.9. The van der Waals surface area contributed by atoms with E-state index in [4.69, 9.17) is 10.9 Å². The Balaban J connectivity index is 2.42. The molecule has 10 heteroatoms. The first-order valence-electron chi connectivity index (χ1n) is 5.25. The molecule has 106 valence electrons. The van der Waals surface area contributed by atoms with E-state index in [0.717, 1.165) is 0 Å². The van der Waals surface area contributed by atoms with E-state index in [1.54, 1.807) is 0 Å². The lowest BCUT2D eigenvalue weighted by Crippen LogP contribution is -2.14. The maximum atomic E-state index is 11.2. The number of esters is 1. The highest BCUT2D eigenvalue weighted by molar-refractivity contribution is 7.89. The van der Waals surface area contributed by atoms with Gasteiger partial charge in [0.2, 0.25) is 10.0 Å². The van der Waals surface area contributed by atoms with Crippen molar-refractivity contribution in [2.75, 3.05) is 12.8 Å². The highest BCUT2D eigenvalue weighted by Crippen LogP contribution is 2.20. The molecule has 2 aromatic rings. The molecule has 0 saturated carbocycles. The van der Waals surface area contributed by atoms with Gasteiger partial charge in [0.1, 0.15) is 11.2 Å². The van der Waals surface area contributed by atoms with Crippen molar-refractivity contribution >= 4 is 21.7 Å². The number of primary sulfonamides is 1. The summed E-state index contributed by atoms with van der Waals surface area (Å²) in [7, 11) is -2.68. The topological polar surface area (TPSA) is 143 Å². The van der Waals surface area contributed by atoms with Gasteiger partial charge in [-0.2, -0.15) is 0 Å². The molecule has 0 aliphatic rings. The smallest absolute Gasteiger partial charge is 0.377 e. The fourth-order valence-corrected chi connectivity index (χ4v) is 2.15. The number of nitrogen functional groups attached to an aromatic ring is 1. The summed E-state index contributed by atoms with van der Waals surface area (Å²) >= 11 is 0. The molecule has 0 aliphatic heterocycles. The molecule has 0 atom stereocenters. The van der Waals surface area contributed by atoms with Crippen LogP contribution in [0.2, 0.25) is 0 Å². The van der Waals surface area contributed by atoms with E-state index in [2.05, 4.69) is 14.8 Å². The van der Waals surface area contributed by atoms with Gasteiger partial charge >= 0.3 is 5.97 Å². The van der Waals surface area contributed by atoms with Gasteiger partial charge in [-0.1, -0.05) is 0 Å². The van der Waals surface area contributed by atoms with Crippen molar-refractivity contribution in [3.8, 4) is 5.69 Å². The standard InChI is InChI=1S/C10H11N5O4S/c1-19-10(16)9-13-5-15(14-9)6-2-3-8(7(11)4-6)20(12,17)18/h2-5H,11H2,1H3,(H2,12,17,18). The van der Waals surface area contributed by atoms with E-state index < -0.39 is 16.0 Å². The number of ether oxygens (including phenoxy) is 1. The van der Waals surface area contributed by atoms with Gasteiger partial charge in [0.15, 0.2) is 0 Å². The number of sulfonamides is 1. The number of benzene rings is 1. The Labute approximate surface area is 114 Å². The second-order valence-corrected chi connectivity index (χ2v) is 5.30. The molecule has 0 bridgehead atoms. The first-order valence-corrected chi connectivity index (χ1v) is 6.80. The van der Waals surface area contributed by atoms with Crippen molar-refractivity contribution in [2.45, 2.75) is 4.90 Å². The lowest BCUT2D eigenvalue weighted by molar-refractivity contribution is 0.0587. The third kappa shape index (κ3) is 2.60. The van der Waals surface area contributed by atoms with E-state index in [0.29, 0.717) is 5.69 Å². The van der Waals surface area contributed by atoms with Gasteiger partial charge < -0.3 is 10.5 Å². The van der Waals surface area contributed by atoms with Crippen molar-refractivity contribution in [1.82, 2.24) is 14.8 Å². The van der Waals surface area contributed by atoms with Gasteiger partial charge in [0, 0.05) is 0 Å². The average molecular weight is 297 g/mol. The zero-order valence-electron chi connectivity index (χ0n) is 10.3. The third-order valence-electron chi connectivity index (χ3n) is 2.42. The Hall–Kier alpha value is -2.46. The summed E-state index contributed by atoms with van der Waals surface area (Å²) in [6, 6.07) is 4.04. The average Bonchev–Trinajstić information content (AvgIpc) is 2.85. The van der Waals surface area contributed by atoms with Crippen LogP contribution >= 0.6 is 0 Å². The van der Waals surface area contributed by atoms with Crippen LogP contribution in [0.1, 0.15) is 10.6 Å². The maximum absolute atomic E-state index is 11.2. The highest BCUT2D eigenvalue weighted by atomic mass is 32.2. The summed E-state index contributed by atoms with van der Waals surface area (Å²) in [4.78, 5) is 14.8. The van der Waals surface area contributed by atoms with Gasteiger partial charge in [0.05, 0.1) is 18.5 Å². The summed E-state index contributed by atoms with van der Waals surface area (Å²) < 4.78 is 28.2. The van der Waals surface area contributed by atoms with Crippen molar-refractivity contribution in [3.63, 3.8) is 0 Å². The lowest BCUT2D eigenvalue weighted by atomic mass is 10.3.